The van der Waals surface area contributed by atoms with Gasteiger partial charge >= 0.3 is 6.03 Å². The lowest BCUT2D eigenvalue weighted by Crippen LogP contribution is -2.53. The van der Waals surface area contributed by atoms with Crippen molar-refractivity contribution in [2.45, 2.75) is 63.5 Å². The predicted octanol–water partition coefficient (Wildman–Crippen LogP) is 2.45. The van der Waals surface area contributed by atoms with Gasteiger partial charge in [-0.15, -0.1) is 0 Å². The number of carbonyl (C=O) groups excluding carboxylic acids is 3. The first-order chi connectivity index (χ1) is 14.9. The van der Waals surface area contributed by atoms with E-state index in [-0.39, 0.29) is 31.2 Å². The van der Waals surface area contributed by atoms with Crippen LogP contribution in [0.3, 0.4) is 0 Å². The van der Waals surface area contributed by atoms with E-state index in [0.717, 1.165) is 36.3 Å². The SMILES string of the molecule is C[C@]1(Cc2ccc3c(c2)OCO3)NC(=O)N(CC(=O)N2CCC[C@@H]3CCCC[C@@H]32)C1=O. The topological polar surface area (TPSA) is 88.2 Å². The van der Waals surface area contributed by atoms with Crippen molar-refractivity contribution in [2.24, 2.45) is 5.92 Å². The number of fused-ring (bicyclic) bond motifs is 2. The summed E-state index contributed by atoms with van der Waals surface area (Å²) in [6.45, 7) is 2.42. The van der Waals surface area contributed by atoms with Gasteiger partial charge in [0, 0.05) is 19.0 Å². The van der Waals surface area contributed by atoms with Crippen LogP contribution in [0.15, 0.2) is 18.2 Å². The average Bonchev–Trinajstić information content (AvgIpc) is 3.31. The second kappa shape index (κ2) is 7.73. The number of hydrogen-bond acceptors (Lipinski definition) is 5. The Hall–Kier alpha value is -2.77. The van der Waals surface area contributed by atoms with Gasteiger partial charge in [-0.1, -0.05) is 18.9 Å². The number of ether oxygens (including phenoxy) is 2. The van der Waals surface area contributed by atoms with Gasteiger partial charge in [0.15, 0.2) is 11.5 Å². The van der Waals surface area contributed by atoms with Crippen LogP contribution in [0.2, 0.25) is 0 Å². The fourth-order valence-electron chi connectivity index (χ4n) is 5.63. The molecule has 8 nitrogen and oxygen atoms in total. The number of hydrogen-bond donors (Lipinski definition) is 1. The van der Waals surface area contributed by atoms with E-state index in [1.807, 2.05) is 17.0 Å². The van der Waals surface area contributed by atoms with Crippen molar-refractivity contribution in [3.05, 3.63) is 23.8 Å². The van der Waals surface area contributed by atoms with Crippen molar-refractivity contribution >= 4 is 17.8 Å². The Morgan fingerprint density at radius 2 is 1.90 bits per heavy atom. The van der Waals surface area contributed by atoms with Crippen LogP contribution in [0.1, 0.15) is 51.0 Å². The number of nitrogens with zero attached hydrogens (tertiary/aromatic N) is 2. The Kier molecular flexibility index (Phi) is 5.02. The largest absolute Gasteiger partial charge is 0.454 e. The normalized spacial score (nSPS) is 29.7. The fourth-order valence-corrected chi connectivity index (χ4v) is 5.63. The van der Waals surface area contributed by atoms with Crippen LogP contribution in [-0.2, 0) is 16.0 Å². The molecule has 31 heavy (non-hydrogen) atoms. The summed E-state index contributed by atoms with van der Waals surface area (Å²) in [5, 5.41) is 2.81. The summed E-state index contributed by atoms with van der Waals surface area (Å²) in [6.07, 6.45) is 7.05. The van der Waals surface area contributed by atoms with Crippen LogP contribution in [0.5, 0.6) is 11.5 Å². The molecule has 4 amide bonds. The minimum atomic E-state index is -1.10. The van der Waals surface area contributed by atoms with Crippen LogP contribution < -0.4 is 14.8 Å². The first kappa shape index (κ1) is 20.2. The molecule has 0 unspecified atom stereocenters. The molecule has 1 N–H and O–H groups in total. The number of nitrogens with one attached hydrogen (secondary N) is 1. The van der Waals surface area contributed by atoms with Crippen molar-refractivity contribution in [1.29, 1.82) is 0 Å². The number of imide groups is 1. The van der Waals surface area contributed by atoms with Gasteiger partial charge in [0.05, 0.1) is 0 Å². The van der Waals surface area contributed by atoms with Gasteiger partial charge in [0.25, 0.3) is 5.91 Å². The molecule has 0 bridgehead atoms. The van der Waals surface area contributed by atoms with E-state index in [0.29, 0.717) is 23.8 Å². The van der Waals surface area contributed by atoms with Crippen LogP contribution in [0.4, 0.5) is 4.79 Å². The molecule has 1 aliphatic carbocycles. The summed E-state index contributed by atoms with van der Waals surface area (Å²) in [4.78, 5) is 42.0. The zero-order valence-corrected chi connectivity index (χ0v) is 17.9. The van der Waals surface area contributed by atoms with E-state index in [2.05, 4.69) is 5.32 Å². The molecule has 5 rings (SSSR count). The third kappa shape index (κ3) is 3.62. The molecule has 4 aliphatic rings. The predicted molar refractivity (Wildman–Crippen MR) is 112 cm³/mol. The maximum Gasteiger partial charge on any atom is 0.325 e. The number of piperidine rings is 1. The van der Waals surface area contributed by atoms with Crippen molar-refractivity contribution in [1.82, 2.24) is 15.1 Å². The number of amides is 4. The Morgan fingerprint density at radius 3 is 2.77 bits per heavy atom. The second-order valence-electron chi connectivity index (χ2n) is 9.36. The molecule has 1 aromatic rings. The smallest absolute Gasteiger partial charge is 0.325 e. The summed E-state index contributed by atoms with van der Waals surface area (Å²) in [7, 11) is 0. The standard InChI is InChI=1S/C23H29N3O5/c1-23(12-15-8-9-18-19(11-15)31-14-30-18)21(28)26(22(29)24-23)13-20(27)25-10-4-6-16-5-2-3-7-17(16)25/h8-9,11,16-17H,2-7,10,12-14H2,1H3,(H,24,29)/t16-,17-,23+/m0/s1. The highest BCUT2D eigenvalue weighted by molar-refractivity contribution is 6.09. The van der Waals surface area contributed by atoms with Gasteiger partial charge in [-0.3, -0.25) is 14.5 Å². The zero-order valence-electron chi connectivity index (χ0n) is 17.9. The minimum absolute atomic E-state index is 0.118. The molecule has 3 heterocycles. The third-order valence-electron chi connectivity index (χ3n) is 7.20. The van der Waals surface area contributed by atoms with Gasteiger partial charge in [-0.2, -0.15) is 0 Å². The molecule has 3 aliphatic heterocycles. The highest BCUT2D eigenvalue weighted by Crippen LogP contribution is 2.36. The Bertz CT molecular complexity index is 916. The molecular formula is C23H29N3O5. The third-order valence-corrected chi connectivity index (χ3v) is 7.20. The number of rotatable bonds is 4. The second-order valence-corrected chi connectivity index (χ2v) is 9.36. The summed E-state index contributed by atoms with van der Waals surface area (Å²) in [5.41, 5.74) is -0.241. The van der Waals surface area contributed by atoms with Crippen LogP contribution >= 0.6 is 0 Å². The van der Waals surface area contributed by atoms with Crippen molar-refractivity contribution < 1.29 is 23.9 Å². The molecule has 166 valence electrons. The van der Waals surface area contributed by atoms with Crippen LogP contribution in [-0.4, -0.2) is 59.1 Å². The fraction of sp³-hybridized carbons (Fsp3) is 0.609. The van der Waals surface area contributed by atoms with Crippen molar-refractivity contribution in [2.75, 3.05) is 19.9 Å². The molecule has 0 radical (unpaired) electrons. The number of likely N-dealkylation sites (tertiary alicyclic amines) is 1. The van der Waals surface area contributed by atoms with Crippen molar-refractivity contribution in [3.8, 4) is 11.5 Å². The molecule has 3 atom stereocenters. The van der Waals surface area contributed by atoms with Gasteiger partial charge < -0.3 is 19.7 Å². The van der Waals surface area contributed by atoms with Gasteiger partial charge in [-0.05, 0) is 56.2 Å². The zero-order chi connectivity index (χ0) is 21.6. The van der Waals surface area contributed by atoms with Gasteiger partial charge in [0.1, 0.15) is 12.1 Å². The average molecular weight is 428 g/mol. The van der Waals surface area contributed by atoms with E-state index >= 15 is 0 Å². The van der Waals surface area contributed by atoms with Crippen LogP contribution in [0, 0.1) is 5.92 Å². The number of benzene rings is 1. The maximum absolute atomic E-state index is 13.2. The summed E-state index contributed by atoms with van der Waals surface area (Å²) < 4.78 is 10.7. The summed E-state index contributed by atoms with van der Waals surface area (Å²) in [5.74, 6) is 1.39. The van der Waals surface area contributed by atoms with E-state index in [1.54, 1.807) is 13.0 Å². The Morgan fingerprint density at radius 1 is 1.13 bits per heavy atom. The van der Waals surface area contributed by atoms with E-state index in [9.17, 15) is 14.4 Å². The minimum Gasteiger partial charge on any atom is -0.454 e. The monoisotopic (exact) mass is 427 g/mol. The first-order valence-electron chi connectivity index (χ1n) is 11.3. The molecule has 3 fully saturated rings. The Balaban J connectivity index is 1.28. The first-order valence-corrected chi connectivity index (χ1v) is 11.3. The molecule has 1 saturated carbocycles. The highest BCUT2D eigenvalue weighted by Gasteiger charge is 2.49. The van der Waals surface area contributed by atoms with Gasteiger partial charge in [-0.25, -0.2) is 4.79 Å². The molecule has 2 saturated heterocycles. The van der Waals surface area contributed by atoms with E-state index in [1.165, 1.54) is 19.3 Å². The maximum atomic E-state index is 13.2. The van der Waals surface area contributed by atoms with Gasteiger partial charge in [0.2, 0.25) is 12.7 Å². The lowest BCUT2D eigenvalue weighted by atomic mass is 9.78. The van der Waals surface area contributed by atoms with Crippen LogP contribution in [0.25, 0.3) is 0 Å². The summed E-state index contributed by atoms with van der Waals surface area (Å²) >= 11 is 0. The molecule has 0 spiro atoms. The molecule has 8 heteroatoms. The van der Waals surface area contributed by atoms with Crippen molar-refractivity contribution in [3.63, 3.8) is 0 Å². The number of urea groups is 1. The Labute approximate surface area is 181 Å². The molecule has 0 aromatic heterocycles. The van der Waals surface area contributed by atoms with E-state index < -0.39 is 11.6 Å². The lowest BCUT2D eigenvalue weighted by molar-refractivity contribution is -0.142. The highest BCUT2D eigenvalue weighted by atomic mass is 16.7. The summed E-state index contributed by atoms with van der Waals surface area (Å²) in [6, 6.07) is 5.26. The number of carbonyl (C=O) groups is 3. The molecular weight excluding hydrogens is 398 g/mol. The molecule has 1 aromatic carbocycles. The lowest BCUT2D eigenvalue weighted by Gasteiger charge is -2.44. The van der Waals surface area contributed by atoms with E-state index in [4.69, 9.17) is 9.47 Å². The quantitative estimate of drug-likeness (QED) is 0.746.